The summed E-state index contributed by atoms with van der Waals surface area (Å²) in [6, 6.07) is 0. The highest BCUT2D eigenvalue weighted by Crippen LogP contribution is 2.37. The molecule has 9 nitrogen and oxygen atoms in total. The maximum Gasteiger partial charge on any atom is 0.224 e. The molecular weight excluding hydrogens is 276 g/mol. The number of hydrogen-bond donors (Lipinski definition) is 4. The van der Waals surface area contributed by atoms with Crippen LogP contribution in [0.5, 0.6) is 0 Å². The number of nitrogens with two attached hydrogens (primary N) is 2. The molecule has 9 heteroatoms. The Balaban J connectivity index is 2.05. The second kappa shape index (κ2) is 4.56. The number of anilines is 2. The number of fused-ring (bicyclic) bond motifs is 1. The predicted molar refractivity (Wildman–Crippen MR) is 73.5 cm³/mol. The normalized spacial score (nSPS) is 28.8. The minimum Gasteiger partial charge on any atom is -0.392 e. The molecule has 110 valence electrons. The summed E-state index contributed by atoms with van der Waals surface area (Å²) in [6.07, 6.45) is 5.35. The van der Waals surface area contributed by atoms with Gasteiger partial charge in [0.25, 0.3) is 0 Å². The van der Waals surface area contributed by atoms with Gasteiger partial charge in [0.15, 0.2) is 17.1 Å². The van der Waals surface area contributed by atoms with E-state index in [0.717, 1.165) is 0 Å². The van der Waals surface area contributed by atoms with Crippen LogP contribution in [0.3, 0.4) is 0 Å². The molecule has 1 aliphatic rings. The zero-order valence-electron chi connectivity index (χ0n) is 11.0. The monoisotopic (exact) mass is 290 g/mol. The Labute approximate surface area is 119 Å². The lowest BCUT2D eigenvalue weighted by Gasteiger charge is -2.23. The molecule has 0 bridgehead atoms. The fourth-order valence-corrected chi connectivity index (χ4v) is 2.41. The van der Waals surface area contributed by atoms with Gasteiger partial charge >= 0.3 is 0 Å². The van der Waals surface area contributed by atoms with Crippen LogP contribution in [0.4, 0.5) is 11.8 Å². The predicted octanol–water partition coefficient (Wildman–Crippen LogP) is -1.37. The van der Waals surface area contributed by atoms with Crippen molar-refractivity contribution >= 4 is 22.9 Å². The number of nitrogens with zero attached hydrogens (tertiary/aromatic N) is 4. The lowest BCUT2D eigenvalue weighted by molar-refractivity contribution is -0.0891. The second-order valence-corrected chi connectivity index (χ2v) is 4.81. The van der Waals surface area contributed by atoms with Gasteiger partial charge in [0.2, 0.25) is 5.95 Å². The van der Waals surface area contributed by atoms with Crippen molar-refractivity contribution in [1.82, 2.24) is 19.5 Å². The third kappa shape index (κ3) is 1.89. The molecule has 3 heterocycles. The fraction of sp³-hybridized carbons (Fsp3) is 0.417. The third-order valence-electron chi connectivity index (χ3n) is 3.56. The van der Waals surface area contributed by atoms with E-state index in [9.17, 15) is 10.2 Å². The van der Waals surface area contributed by atoms with E-state index in [2.05, 4.69) is 20.9 Å². The number of terminal acetylenes is 1. The first-order valence-corrected chi connectivity index (χ1v) is 6.21. The van der Waals surface area contributed by atoms with E-state index in [-0.39, 0.29) is 18.2 Å². The van der Waals surface area contributed by atoms with Crippen molar-refractivity contribution in [2.75, 3.05) is 18.1 Å². The van der Waals surface area contributed by atoms with E-state index in [1.165, 1.54) is 6.33 Å². The van der Waals surface area contributed by atoms with Gasteiger partial charge in [-0.05, 0) is 0 Å². The van der Waals surface area contributed by atoms with Crippen LogP contribution >= 0.6 is 0 Å². The molecule has 0 amide bonds. The molecule has 2 aromatic rings. The van der Waals surface area contributed by atoms with Gasteiger partial charge in [-0.15, -0.1) is 6.42 Å². The second-order valence-electron chi connectivity index (χ2n) is 4.81. The molecule has 0 spiro atoms. The summed E-state index contributed by atoms with van der Waals surface area (Å²) >= 11 is 0. The van der Waals surface area contributed by atoms with Crippen molar-refractivity contribution in [2.24, 2.45) is 0 Å². The summed E-state index contributed by atoms with van der Waals surface area (Å²) in [4.78, 5) is 12.0. The van der Waals surface area contributed by atoms with Gasteiger partial charge in [-0.3, -0.25) is 4.57 Å². The molecule has 3 atom stereocenters. The van der Waals surface area contributed by atoms with Crippen molar-refractivity contribution in [3.05, 3.63) is 6.33 Å². The minimum absolute atomic E-state index is 0.00525. The van der Waals surface area contributed by atoms with Crippen LogP contribution in [0.1, 0.15) is 12.6 Å². The Hall–Kier alpha value is -2.41. The molecule has 1 saturated heterocycles. The number of nitrogen functional groups attached to an aromatic ring is 2. The number of imidazole rings is 1. The highest BCUT2D eigenvalue weighted by Gasteiger charge is 2.47. The van der Waals surface area contributed by atoms with Gasteiger partial charge in [-0.25, -0.2) is 4.98 Å². The summed E-state index contributed by atoms with van der Waals surface area (Å²) in [5.41, 5.74) is 10.6. The van der Waals surface area contributed by atoms with Gasteiger partial charge in [-0.2, -0.15) is 9.97 Å². The van der Waals surface area contributed by atoms with E-state index in [1.54, 1.807) is 4.57 Å². The van der Waals surface area contributed by atoms with Crippen molar-refractivity contribution in [2.45, 2.75) is 24.4 Å². The average Bonchev–Trinajstić information content (AvgIpc) is 3.00. The molecule has 6 N–H and O–H groups in total. The Morgan fingerprint density at radius 3 is 2.90 bits per heavy atom. The lowest BCUT2D eigenvalue weighted by atomic mass is 9.99. The molecule has 1 aliphatic heterocycles. The number of aliphatic hydroxyl groups is 2. The zero-order valence-corrected chi connectivity index (χ0v) is 11.0. The summed E-state index contributed by atoms with van der Waals surface area (Å²) in [5.74, 6) is 2.46. The first-order valence-electron chi connectivity index (χ1n) is 6.21. The maximum absolute atomic E-state index is 10.0. The number of rotatable bonds is 2. The van der Waals surface area contributed by atoms with Crippen LogP contribution < -0.4 is 11.5 Å². The molecule has 0 saturated carbocycles. The molecule has 2 aromatic heterocycles. The van der Waals surface area contributed by atoms with Crippen LogP contribution in [0, 0.1) is 12.3 Å². The molecule has 21 heavy (non-hydrogen) atoms. The van der Waals surface area contributed by atoms with Crippen LogP contribution in [0.25, 0.3) is 11.2 Å². The van der Waals surface area contributed by atoms with Gasteiger partial charge in [-0.1, -0.05) is 5.92 Å². The van der Waals surface area contributed by atoms with E-state index in [1.807, 2.05) is 0 Å². The molecule has 1 unspecified atom stereocenters. The van der Waals surface area contributed by atoms with Gasteiger partial charge in [0.1, 0.15) is 17.8 Å². The smallest absolute Gasteiger partial charge is 0.224 e. The van der Waals surface area contributed by atoms with Gasteiger partial charge in [0.05, 0.1) is 12.9 Å². The molecule has 3 rings (SSSR count). The number of hydrogen-bond acceptors (Lipinski definition) is 8. The first-order chi connectivity index (χ1) is 10.0. The first kappa shape index (κ1) is 13.6. The van der Waals surface area contributed by atoms with E-state index in [0.29, 0.717) is 11.2 Å². The molecule has 0 aromatic carbocycles. The fourth-order valence-electron chi connectivity index (χ4n) is 2.41. The van der Waals surface area contributed by atoms with Crippen LogP contribution in [0.2, 0.25) is 0 Å². The minimum atomic E-state index is -1.44. The molecule has 0 aliphatic carbocycles. The average molecular weight is 290 g/mol. The maximum atomic E-state index is 10.0. The Morgan fingerprint density at radius 2 is 2.29 bits per heavy atom. The Morgan fingerprint density at radius 1 is 1.52 bits per heavy atom. The number of aliphatic hydroxyl groups excluding tert-OH is 2. The topological polar surface area (TPSA) is 145 Å². The van der Waals surface area contributed by atoms with Crippen molar-refractivity contribution in [3.63, 3.8) is 0 Å². The van der Waals surface area contributed by atoms with Crippen molar-refractivity contribution in [3.8, 4) is 12.3 Å². The Kier molecular flexibility index (Phi) is 2.94. The SMILES string of the molecule is C#C[C@]1(CO)OC(n2cnc3c(N)nc(N)nc32)C[C@@H]1O. The summed E-state index contributed by atoms with van der Waals surface area (Å²) in [6.45, 7) is -0.493. The zero-order chi connectivity index (χ0) is 15.2. The highest BCUT2D eigenvalue weighted by atomic mass is 16.6. The van der Waals surface area contributed by atoms with Gasteiger partial charge in [0, 0.05) is 6.42 Å². The number of aromatic nitrogens is 4. The quantitative estimate of drug-likeness (QED) is 0.496. The van der Waals surface area contributed by atoms with Crippen LogP contribution in [-0.4, -0.2) is 48.0 Å². The third-order valence-corrected chi connectivity index (χ3v) is 3.56. The van der Waals surface area contributed by atoms with Gasteiger partial charge < -0.3 is 26.4 Å². The summed E-state index contributed by atoms with van der Waals surface area (Å²) < 4.78 is 7.19. The standard InChI is InChI=1S/C12H14N6O3/c1-2-12(4-19)6(20)3-7(21-12)18-5-15-8-9(13)16-11(14)17-10(8)18/h1,5-7,19-20H,3-4H2,(H4,13,14,16,17)/t6-,7?,12+/m0/s1. The van der Waals surface area contributed by atoms with Crippen LogP contribution in [-0.2, 0) is 4.74 Å². The Bertz CT molecular complexity index is 738. The lowest BCUT2D eigenvalue weighted by Crippen LogP contribution is -2.41. The van der Waals surface area contributed by atoms with Crippen molar-refractivity contribution < 1.29 is 14.9 Å². The van der Waals surface area contributed by atoms with E-state index in [4.69, 9.17) is 22.6 Å². The van der Waals surface area contributed by atoms with Crippen molar-refractivity contribution in [1.29, 1.82) is 0 Å². The molecular formula is C12H14N6O3. The summed E-state index contributed by atoms with van der Waals surface area (Å²) in [5, 5.41) is 19.4. The van der Waals surface area contributed by atoms with E-state index < -0.39 is 24.5 Å². The largest absolute Gasteiger partial charge is 0.392 e. The highest BCUT2D eigenvalue weighted by molar-refractivity contribution is 5.82. The number of ether oxygens (including phenoxy) is 1. The summed E-state index contributed by atoms with van der Waals surface area (Å²) in [7, 11) is 0. The van der Waals surface area contributed by atoms with E-state index >= 15 is 0 Å². The molecule has 0 radical (unpaired) electrons. The van der Waals surface area contributed by atoms with Crippen LogP contribution in [0.15, 0.2) is 6.33 Å². The molecule has 1 fully saturated rings.